The summed E-state index contributed by atoms with van der Waals surface area (Å²) < 4.78 is 0. The molecule has 1 nitrogen and oxygen atoms in total. The minimum atomic E-state index is 0.525. The first-order valence-electron chi connectivity index (χ1n) is 5.38. The Labute approximate surface area is 97.9 Å². The van der Waals surface area contributed by atoms with Gasteiger partial charge in [0.15, 0.2) is 0 Å². The fourth-order valence-corrected chi connectivity index (χ4v) is 1.44. The molecule has 1 atom stereocenters. The van der Waals surface area contributed by atoms with Crippen LogP contribution in [0.5, 0.6) is 0 Å². The Balaban J connectivity index is 3.32. The smallest absolute Gasteiger partial charge is 0.0431 e. The number of nitrogens with one attached hydrogen (secondary N) is 1. The third kappa shape index (κ3) is 8.86. The predicted octanol–water partition coefficient (Wildman–Crippen LogP) is 4.25. The molecule has 3 heteroatoms. The fourth-order valence-electron chi connectivity index (χ4n) is 1.29. The summed E-state index contributed by atoms with van der Waals surface area (Å²) in [6, 6.07) is 0.525. The van der Waals surface area contributed by atoms with E-state index < -0.39 is 0 Å². The second-order valence-electron chi connectivity index (χ2n) is 3.69. The molecule has 0 saturated heterocycles. The van der Waals surface area contributed by atoms with E-state index in [1.807, 2.05) is 0 Å². The average molecular weight is 238 g/mol. The number of rotatable bonds is 8. The Morgan fingerprint density at radius 1 is 1.36 bits per heavy atom. The second-order valence-corrected chi connectivity index (χ2v) is 4.39. The Bertz CT molecular complexity index is 157. The summed E-state index contributed by atoms with van der Waals surface area (Å²) in [7, 11) is 0. The summed E-state index contributed by atoms with van der Waals surface area (Å²) in [6.45, 7) is 5.09. The highest BCUT2D eigenvalue weighted by Gasteiger charge is 2.01. The number of unbranched alkanes of at least 4 members (excludes halogenated alkanes) is 3. The molecule has 0 aromatic rings. The third-order valence-electron chi connectivity index (χ3n) is 2.23. The molecule has 0 amide bonds. The Morgan fingerprint density at radius 3 is 2.64 bits per heavy atom. The molecule has 0 radical (unpaired) electrons. The molecule has 0 saturated carbocycles. The van der Waals surface area contributed by atoms with Crippen molar-refractivity contribution in [3.05, 3.63) is 10.6 Å². The number of hydrogen-bond acceptors (Lipinski definition) is 1. The molecule has 1 N–H and O–H groups in total. The summed E-state index contributed by atoms with van der Waals surface area (Å²) in [5.41, 5.74) is 1.42. The van der Waals surface area contributed by atoms with E-state index >= 15 is 0 Å². The first-order valence-corrected chi connectivity index (χ1v) is 6.20. The Kier molecular flexibility index (Phi) is 10.0. The van der Waals surface area contributed by atoms with Crippen LogP contribution in [0.25, 0.3) is 0 Å². The van der Waals surface area contributed by atoms with E-state index in [4.69, 9.17) is 23.2 Å². The van der Waals surface area contributed by atoms with Crippen LogP contribution in [0.2, 0.25) is 0 Å². The van der Waals surface area contributed by atoms with Gasteiger partial charge in [0.1, 0.15) is 0 Å². The Hall–Kier alpha value is 0.280. The maximum Gasteiger partial charge on any atom is 0.0431 e. The largest absolute Gasteiger partial charge is 0.309 e. The number of hydrogen-bond donors (Lipinski definition) is 1. The molecule has 0 rings (SSSR count). The van der Waals surface area contributed by atoms with E-state index in [1.165, 1.54) is 37.6 Å². The molecule has 0 aromatic carbocycles. The van der Waals surface area contributed by atoms with Crippen molar-refractivity contribution >= 4 is 23.2 Å². The van der Waals surface area contributed by atoms with E-state index in [0.29, 0.717) is 17.6 Å². The lowest BCUT2D eigenvalue weighted by Gasteiger charge is -2.12. The summed E-state index contributed by atoms with van der Waals surface area (Å²) in [5.74, 6) is 0. The van der Waals surface area contributed by atoms with Crippen LogP contribution in [0.3, 0.4) is 0 Å². The maximum absolute atomic E-state index is 5.76. The minimum Gasteiger partial charge on any atom is -0.309 e. The van der Waals surface area contributed by atoms with E-state index in [1.54, 1.807) is 0 Å². The molecule has 14 heavy (non-hydrogen) atoms. The molecule has 1 unspecified atom stereocenters. The van der Waals surface area contributed by atoms with Crippen LogP contribution >= 0.6 is 23.2 Å². The van der Waals surface area contributed by atoms with Crippen molar-refractivity contribution in [3.8, 4) is 0 Å². The van der Waals surface area contributed by atoms with E-state index in [9.17, 15) is 0 Å². The van der Waals surface area contributed by atoms with Gasteiger partial charge in [-0.05, 0) is 13.3 Å². The van der Waals surface area contributed by atoms with Crippen molar-refractivity contribution in [2.45, 2.75) is 52.0 Å². The van der Waals surface area contributed by atoms with Gasteiger partial charge in [0.2, 0.25) is 0 Å². The van der Waals surface area contributed by atoms with Gasteiger partial charge in [0.05, 0.1) is 0 Å². The molecule has 0 bridgehead atoms. The van der Waals surface area contributed by atoms with Crippen molar-refractivity contribution in [1.29, 1.82) is 0 Å². The highest BCUT2D eigenvalue weighted by molar-refractivity contribution is 6.36. The standard InChI is InChI=1S/C11H21Cl2N/c1-3-4-5-6-7-10(2)14-9-11(13)8-12/h8,10,14H,3-7,9H2,1-2H3. The first kappa shape index (κ1) is 14.3. The van der Waals surface area contributed by atoms with Crippen LogP contribution in [0.15, 0.2) is 10.6 Å². The van der Waals surface area contributed by atoms with Gasteiger partial charge in [-0.25, -0.2) is 0 Å². The quantitative estimate of drug-likeness (QED) is 0.623. The molecule has 0 aromatic heterocycles. The fraction of sp³-hybridized carbons (Fsp3) is 0.818. The topological polar surface area (TPSA) is 12.0 Å². The number of halogens is 2. The third-order valence-corrected chi connectivity index (χ3v) is 2.85. The van der Waals surface area contributed by atoms with Crippen LogP contribution in [0.4, 0.5) is 0 Å². The van der Waals surface area contributed by atoms with Gasteiger partial charge in [0, 0.05) is 23.2 Å². The van der Waals surface area contributed by atoms with Gasteiger partial charge >= 0.3 is 0 Å². The summed E-state index contributed by atoms with van der Waals surface area (Å²) >= 11 is 11.2. The lowest BCUT2D eigenvalue weighted by molar-refractivity contribution is 0.502. The minimum absolute atomic E-state index is 0.525. The lowest BCUT2D eigenvalue weighted by Crippen LogP contribution is -2.26. The van der Waals surface area contributed by atoms with Crippen molar-refractivity contribution in [3.63, 3.8) is 0 Å². The van der Waals surface area contributed by atoms with Crippen LogP contribution in [0, 0.1) is 0 Å². The molecule has 0 fully saturated rings. The van der Waals surface area contributed by atoms with E-state index in [2.05, 4.69) is 19.2 Å². The SMILES string of the molecule is CCCCCCC(C)NCC(Cl)=CCl. The van der Waals surface area contributed by atoms with Gasteiger partial charge in [-0.15, -0.1) is 0 Å². The monoisotopic (exact) mass is 237 g/mol. The molecule has 0 aliphatic rings. The van der Waals surface area contributed by atoms with Crippen molar-refractivity contribution in [2.24, 2.45) is 0 Å². The molecule has 0 aliphatic heterocycles. The van der Waals surface area contributed by atoms with Crippen LogP contribution in [0.1, 0.15) is 46.0 Å². The van der Waals surface area contributed by atoms with Gasteiger partial charge in [-0.1, -0.05) is 55.8 Å². The van der Waals surface area contributed by atoms with Crippen molar-refractivity contribution in [1.82, 2.24) is 5.32 Å². The molecule has 0 heterocycles. The predicted molar refractivity (Wildman–Crippen MR) is 66.0 cm³/mol. The lowest BCUT2D eigenvalue weighted by atomic mass is 10.1. The van der Waals surface area contributed by atoms with Crippen LogP contribution < -0.4 is 5.32 Å². The zero-order valence-corrected chi connectivity index (χ0v) is 10.7. The molecular weight excluding hydrogens is 217 g/mol. The zero-order chi connectivity index (χ0) is 10.8. The highest BCUT2D eigenvalue weighted by Crippen LogP contribution is 2.06. The molecule has 84 valence electrons. The van der Waals surface area contributed by atoms with Gasteiger partial charge < -0.3 is 5.32 Å². The summed E-state index contributed by atoms with van der Waals surface area (Å²) in [5, 5.41) is 4.00. The van der Waals surface area contributed by atoms with Crippen LogP contribution in [-0.4, -0.2) is 12.6 Å². The van der Waals surface area contributed by atoms with Crippen molar-refractivity contribution in [2.75, 3.05) is 6.54 Å². The maximum atomic E-state index is 5.76. The Morgan fingerprint density at radius 2 is 2.07 bits per heavy atom. The van der Waals surface area contributed by atoms with Crippen molar-refractivity contribution < 1.29 is 0 Å². The van der Waals surface area contributed by atoms with Gasteiger partial charge in [-0.3, -0.25) is 0 Å². The molecule has 0 aliphatic carbocycles. The first-order chi connectivity index (χ1) is 6.70. The van der Waals surface area contributed by atoms with Crippen LogP contribution in [-0.2, 0) is 0 Å². The van der Waals surface area contributed by atoms with E-state index in [-0.39, 0.29) is 0 Å². The van der Waals surface area contributed by atoms with Gasteiger partial charge in [0.25, 0.3) is 0 Å². The average Bonchev–Trinajstić information content (AvgIpc) is 2.21. The second kappa shape index (κ2) is 9.82. The highest BCUT2D eigenvalue weighted by atomic mass is 35.5. The molecular formula is C11H21Cl2N. The zero-order valence-electron chi connectivity index (χ0n) is 9.15. The normalized spacial score (nSPS) is 14.4. The van der Waals surface area contributed by atoms with E-state index in [0.717, 1.165) is 0 Å². The van der Waals surface area contributed by atoms with Gasteiger partial charge in [-0.2, -0.15) is 0 Å². The summed E-state index contributed by atoms with van der Waals surface area (Å²) in [6.07, 6.45) is 6.48. The molecule has 0 spiro atoms. The summed E-state index contributed by atoms with van der Waals surface area (Å²) in [4.78, 5) is 0.